The highest BCUT2D eigenvalue weighted by atomic mass is 32.2. The normalized spacial score (nSPS) is 11.6. The maximum Gasteiger partial charge on any atom is 0.351 e. The minimum absolute atomic E-state index is 0.0261. The van der Waals surface area contributed by atoms with E-state index in [0.717, 1.165) is 6.07 Å². The van der Waals surface area contributed by atoms with E-state index >= 15 is 0 Å². The average Bonchev–Trinajstić information content (AvgIpc) is 3.06. The molecule has 5 aromatic rings. The van der Waals surface area contributed by atoms with Gasteiger partial charge in [0.1, 0.15) is 11.5 Å². The first kappa shape index (κ1) is 34.3. The number of anilines is 6. The van der Waals surface area contributed by atoms with Crippen molar-refractivity contribution in [2.24, 2.45) is 10.2 Å². The summed E-state index contributed by atoms with van der Waals surface area (Å²) in [5.41, 5.74) is 7.27. The molecular weight excluding hydrogens is 683 g/mol. The Balaban J connectivity index is 1.29. The third kappa shape index (κ3) is 9.04. The summed E-state index contributed by atoms with van der Waals surface area (Å²) in [7, 11) is -5.92. The quantitative estimate of drug-likeness (QED) is 0.0481. The number of aromatic amines is 1. The number of methoxy groups -OCH3 is 2. The molecule has 5 rings (SSSR count). The van der Waals surface area contributed by atoms with E-state index in [0.29, 0.717) is 39.9 Å². The second-order valence-electron chi connectivity index (χ2n) is 9.80. The maximum absolute atomic E-state index is 12.4. The van der Waals surface area contributed by atoms with Gasteiger partial charge in [-0.15, -0.1) is 0 Å². The lowest BCUT2D eigenvalue weighted by Crippen LogP contribution is -2.17. The van der Waals surface area contributed by atoms with Crippen LogP contribution in [0.15, 0.2) is 110 Å². The molecule has 7 N–H and O–H groups in total. The molecule has 254 valence electrons. The van der Waals surface area contributed by atoms with Crippen molar-refractivity contribution in [2.45, 2.75) is 9.79 Å². The molecule has 0 fully saturated rings. The van der Waals surface area contributed by atoms with Gasteiger partial charge >= 0.3 is 5.69 Å². The highest BCUT2D eigenvalue weighted by Crippen LogP contribution is 2.33. The van der Waals surface area contributed by atoms with Gasteiger partial charge in [0.2, 0.25) is 11.9 Å². The standard InChI is InChI=1S/C29H27N9O9S2/c1-46-25-15-19(37-35-17-5-3-7-21(13-17)48(40,41)42)9-11-23(25)30-27-32-28(34-29(39)33-27)31-24-12-10-20(16-26(24)47-2)38-36-18-6-4-8-22(14-18)49(43,44)45/h3-16,35,37H,1-2H3,(H,40,41,42)(H,43,44,45)(H3,30,31,32,33,34,39). The number of ether oxygens (including phenoxy) is 2. The number of H-pyrrole nitrogens is 1. The molecule has 0 bridgehead atoms. The number of hydrogen-bond acceptors (Lipinski definition) is 15. The molecule has 49 heavy (non-hydrogen) atoms. The average molecular weight is 710 g/mol. The highest BCUT2D eigenvalue weighted by molar-refractivity contribution is 7.86. The summed E-state index contributed by atoms with van der Waals surface area (Å²) in [6.07, 6.45) is 0. The highest BCUT2D eigenvalue weighted by Gasteiger charge is 2.13. The van der Waals surface area contributed by atoms with Crippen LogP contribution in [0.1, 0.15) is 0 Å². The van der Waals surface area contributed by atoms with Gasteiger partial charge in [0.15, 0.2) is 0 Å². The number of aromatic nitrogens is 3. The fraction of sp³-hybridized carbons (Fsp3) is 0.0690. The zero-order chi connectivity index (χ0) is 35.2. The monoisotopic (exact) mass is 709 g/mol. The van der Waals surface area contributed by atoms with E-state index in [1.165, 1.54) is 56.7 Å². The fourth-order valence-corrected chi connectivity index (χ4v) is 5.21. The molecule has 1 heterocycles. The van der Waals surface area contributed by atoms with Crippen molar-refractivity contribution in [2.75, 3.05) is 35.7 Å². The van der Waals surface area contributed by atoms with Crippen LogP contribution in [0.5, 0.6) is 11.5 Å². The number of nitrogens with zero attached hydrogens (tertiary/aromatic N) is 4. The van der Waals surface area contributed by atoms with Crippen LogP contribution in [0.4, 0.5) is 46.0 Å². The Bertz CT molecular complexity index is 2320. The number of hydrazine groups is 1. The van der Waals surface area contributed by atoms with Gasteiger partial charge in [-0.25, -0.2) is 4.79 Å². The van der Waals surface area contributed by atoms with Crippen LogP contribution < -0.4 is 36.6 Å². The van der Waals surface area contributed by atoms with Gasteiger partial charge in [-0.3, -0.25) is 14.1 Å². The van der Waals surface area contributed by atoms with E-state index in [9.17, 15) is 30.7 Å². The van der Waals surface area contributed by atoms with Crippen LogP contribution in [0.25, 0.3) is 0 Å². The smallest absolute Gasteiger partial charge is 0.351 e. The van der Waals surface area contributed by atoms with Gasteiger partial charge in [-0.2, -0.15) is 37.0 Å². The van der Waals surface area contributed by atoms with Crippen LogP contribution >= 0.6 is 0 Å². The van der Waals surface area contributed by atoms with Crippen molar-refractivity contribution in [3.63, 3.8) is 0 Å². The van der Waals surface area contributed by atoms with Crippen LogP contribution in [0, 0.1) is 0 Å². The van der Waals surface area contributed by atoms with E-state index < -0.39 is 25.9 Å². The van der Waals surface area contributed by atoms with E-state index in [2.05, 4.69) is 46.7 Å². The van der Waals surface area contributed by atoms with Crippen molar-refractivity contribution in [1.29, 1.82) is 0 Å². The summed E-state index contributed by atoms with van der Waals surface area (Å²) in [5, 5.41) is 14.0. The number of rotatable bonds is 13. The maximum atomic E-state index is 12.4. The largest absolute Gasteiger partial charge is 0.494 e. The second kappa shape index (κ2) is 14.4. The third-order valence-electron chi connectivity index (χ3n) is 6.42. The lowest BCUT2D eigenvalue weighted by Gasteiger charge is -2.15. The number of hydrogen-bond donors (Lipinski definition) is 7. The lowest BCUT2D eigenvalue weighted by atomic mass is 10.2. The molecule has 0 saturated carbocycles. The Labute approximate surface area is 278 Å². The van der Waals surface area contributed by atoms with Gasteiger partial charge in [-0.1, -0.05) is 12.1 Å². The predicted octanol–water partition coefficient (Wildman–Crippen LogP) is 5.02. The van der Waals surface area contributed by atoms with Crippen LogP contribution in [-0.4, -0.2) is 55.1 Å². The third-order valence-corrected chi connectivity index (χ3v) is 8.12. The first-order valence-corrected chi connectivity index (χ1v) is 16.7. The molecule has 0 aliphatic heterocycles. The summed E-state index contributed by atoms with van der Waals surface area (Å²) in [6, 6.07) is 20.5. The Hall–Kier alpha value is -6.09. The van der Waals surface area contributed by atoms with E-state index in [-0.39, 0.29) is 27.4 Å². The van der Waals surface area contributed by atoms with Crippen molar-refractivity contribution < 1.29 is 35.4 Å². The van der Waals surface area contributed by atoms with Gasteiger partial charge in [-0.05, 0) is 60.7 Å². The zero-order valence-corrected chi connectivity index (χ0v) is 27.1. The summed E-state index contributed by atoms with van der Waals surface area (Å²) < 4.78 is 75.1. The lowest BCUT2D eigenvalue weighted by molar-refractivity contribution is 0.417. The van der Waals surface area contributed by atoms with Crippen molar-refractivity contribution in [3.05, 3.63) is 95.4 Å². The molecule has 0 radical (unpaired) electrons. The predicted molar refractivity (Wildman–Crippen MR) is 179 cm³/mol. The van der Waals surface area contributed by atoms with E-state index in [1.54, 1.807) is 36.4 Å². The molecule has 4 aromatic carbocycles. The van der Waals surface area contributed by atoms with Crippen LogP contribution in [-0.2, 0) is 20.2 Å². The number of benzene rings is 4. The Morgan fingerprint density at radius 3 is 1.92 bits per heavy atom. The molecule has 1 aromatic heterocycles. The van der Waals surface area contributed by atoms with Crippen molar-refractivity contribution in [3.8, 4) is 11.5 Å². The number of nitrogens with one attached hydrogen (secondary N) is 5. The molecule has 0 spiro atoms. The van der Waals surface area contributed by atoms with E-state index in [4.69, 9.17) is 9.47 Å². The first-order valence-electron chi connectivity index (χ1n) is 13.8. The minimum atomic E-state index is -4.40. The fourth-order valence-electron chi connectivity index (χ4n) is 4.17. The van der Waals surface area contributed by atoms with Crippen molar-refractivity contribution >= 4 is 66.3 Å². The van der Waals surface area contributed by atoms with Crippen molar-refractivity contribution in [1.82, 2.24) is 15.0 Å². The molecule has 0 amide bonds. The van der Waals surface area contributed by atoms with Gasteiger partial charge < -0.3 is 31.0 Å². The minimum Gasteiger partial charge on any atom is -0.494 e. The SMILES string of the molecule is COc1cc(N=Nc2cccc(S(=O)(=O)O)c2)ccc1Nc1nc(Nc2ccc(NNc3cccc(S(=O)(=O)O)c3)cc2OC)[nH]c(=O)n1. The van der Waals surface area contributed by atoms with Gasteiger partial charge in [0, 0.05) is 12.1 Å². The topological polar surface area (TPSA) is 259 Å². The Morgan fingerprint density at radius 1 is 0.673 bits per heavy atom. The Morgan fingerprint density at radius 2 is 1.24 bits per heavy atom. The van der Waals surface area contributed by atoms with Gasteiger partial charge in [0.25, 0.3) is 20.2 Å². The molecule has 0 aliphatic rings. The molecular formula is C29H27N9O9S2. The second-order valence-corrected chi connectivity index (χ2v) is 12.6. The summed E-state index contributed by atoms with van der Waals surface area (Å²) in [5.74, 6) is 0.598. The first-order chi connectivity index (χ1) is 23.3. The van der Waals surface area contributed by atoms with Crippen LogP contribution in [0.2, 0.25) is 0 Å². The molecule has 18 nitrogen and oxygen atoms in total. The molecule has 0 aliphatic carbocycles. The Kier molecular flexibility index (Phi) is 10.0. The number of azo groups is 1. The summed E-state index contributed by atoms with van der Waals surface area (Å²) in [4.78, 5) is 22.5. The summed E-state index contributed by atoms with van der Waals surface area (Å²) >= 11 is 0. The molecule has 0 unspecified atom stereocenters. The molecule has 0 saturated heterocycles. The summed E-state index contributed by atoms with van der Waals surface area (Å²) in [6.45, 7) is 0. The van der Waals surface area contributed by atoms with E-state index in [1.807, 2.05) is 0 Å². The zero-order valence-electron chi connectivity index (χ0n) is 25.4. The van der Waals surface area contributed by atoms with Crippen LogP contribution in [0.3, 0.4) is 0 Å². The van der Waals surface area contributed by atoms with Gasteiger partial charge in [0.05, 0.1) is 58.1 Å². The molecule has 0 atom stereocenters. The molecule has 20 heteroatoms.